The van der Waals surface area contributed by atoms with Crippen LogP contribution in [0.25, 0.3) is 10.4 Å². The zero-order valence-electron chi connectivity index (χ0n) is 32.5. The minimum Gasteiger partial charge on any atom is -0.494 e. The second kappa shape index (κ2) is 19.9. The minimum absolute atomic E-state index is 0.0389. The van der Waals surface area contributed by atoms with Gasteiger partial charge < -0.3 is 29.4 Å². The summed E-state index contributed by atoms with van der Waals surface area (Å²) in [5.74, 6) is 1.81. The molecule has 1 aliphatic rings. The molecule has 0 aromatic heterocycles. The maximum atomic E-state index is 14.9. The third-order valence-electron chi connectivity index (χ3n) is 9.92. The Morgan fingerprint density at radius 3 is 2.08 bits per heavy atom. The Morgan fingerprint density at radius 2 is 1.41 bits per heavy atom. The van der Waals surface area contributed by atoms with E-state index in [-0.39, 0.29) is 25.5 Å². The number of nitrogens with zero attached hydrogens (tertiary/aromatic N) is 4. The van der Waals surface area contributed by atoms with Crippen molar-refractivity contribution in [1.29, 1.82) is 0 Å². The molecule has 2 atom stereocenters. The molecule has 6 aromatic rings. The van der Waals surface area contributed by atoms with Gasteiger partial charge in [-0.15, -0.1) is 0 Å². The highest BCUT2D eigenvalue weighted by Gasteiger charge is 2.53. The van der Waals surface area contributed by atoms with E-state index in [0.29, 0.717) is 72.6 Å². The van der Waals surface area contributed by atoms with E-state index in [1.165, 1.54) is 0 Å². The van der Waals surface area contributed by atoms with Gasteiger partial charge in [-0.2, -0.15) is 0 Å². The van der Waals surface area contributed by atoms with Crippen LogP contribution in [0.5, 0.6) is 17.2 Å². The summed E-state index contributed by atoms with van der Waals surface area (Å²) in [6, 6.07) is 49.8. The Bertz CT molecular complexity index is 2370. The Morgan fingerprint density at radius 1 is 0.763 bits per heavy atom. The van der Waals surface area contributed by atoms with Gasteiger partial charge in [0.05, 0.1) is 6.61 Å². The van der Waals surface area contributed by atoms with Crippen LogP contribution in [0.4, 0.5) is 5.69 Å². The van der Waals surface area contributed by atoms with E-state index >= 15 is 0 Å². The molecule has 7 rings (SSSR count). The molecule has 0 saturated heterocycles. The molecule has 11 heteroatoms. The van der Waals surface area contributed by atoms with Gasteiger partial charge in [0.1, 0.15) is 19.0 Å². The average molecular weight is 788 g/mol. The first-order chi connectivity index (χ1) is 29.0. The molecule has 2 N–H and O–H groups in total. The van der Waals surface area contributed by atoms with Crippen molar-refractivity contribution < 1.29 is 28.8 Å². The fraction of sp³-hybridized carbons (Fsp3) is 0.208. The van der Waals surface area contributed by atoms with Gasteiger partial charge in [-0.3, -0.25) is 4.79 Å². The topological polar surface area (TPSA) is 147 Å². The van der Waals surface area contributed by atoms with Gasteiger partial charge in [-0.05, 0) is 76.2 Å². The average Bonchev–Trinajstić information content (AvgIpc) is 3.67. The lowest BCUT2D eigenvalue weighted by Crippen LogP contribution is -2.50. The molecule has 0 fully saturated rings. The van der Waals surface area contributed by atoms with Crippen LogP contribution in [-0.2, 0) is 35.6 Å². The van der Waals surface area contributed by atoms with Crippen molar-refractivity contribution in [3.63, 3.8) is 0 Å². The van der Waals surface area contributed by atoms with E-state index in [1.807, 2.05) is 146 Å². The first-order valence-corrected chi connectivity index (χ1v) is 19.6. The summed E-state index contributed by atoms with van der Waals surface area (Å²) >= 11 is 0. The summed E-state index contributed by atoms with van der Waals surface area (Å²) in [4.78, 5) is 23.1. The molecule has 6 aromatic carbocycles. The molecular weight excluding hydrogens is 743 g/mol. The lowest BCUT2D eigenvalue weighted by Gasteiger charge is -2.31. The maximum absolute atomic E-state index is 14.9. The third-order valence-corrected chi connectivity index (χ3v) is 9.92. The molecule has 11 nitrogen and oxygen atoms in total. The molecular formula is C48H45N5O6. The number of carbonyl (C=O) groups is 1. The number of aliphatic imine (C=N–C) groups is 1. The van der Waals surface area contributed by atoms with E-state index in [4.69, 9.17) is 29.0 Å². The second-order valence-electron chi connectivity index (χ2n) is 14.0. The number of azide groups is 1. The zero-order valence-corrected chi connectivity index (χ0v) is 32.5. The van der Waals surface area contributed by atoms with Gasteiger partial charge in [0.2, 0.25) is 5.90 Å². The van der Waals surface area contributed by atoms with E-state index in [9.17, 15) is 10.3 Å². The third kappa shape index (κ3) is 10.3. The molecule has 0 radical (unpaired) electrons. The predicted octanol–water partition coefficient (Wildman–Crippen LogP) is 9.41. The maximum Gasteiger partial charge on any atom is 0.252 e. The van der Waals surface area contributed by atoms with Crippen molar-refractivity contribution in [2.75, 3.05) is 19.8 Å². The van der Waals surface area contributed by atoms with Gasteiger partial charge in [0, 0.05) is 42.2 Å². The van der Waals surface area contributed by atoms with Gasteiger partial charge in [-0.25, -0.2) is 4.99 Å². The largest absolute Gasteiger partial charge is 0.494 e. The molecule has 0 aliphatic carbocycles. The van der Waals surface area contributed by atoms with Crippen LogP contribution in [0.3, 0.4) is 0 Å². The monoisotopic (exact) mass is 787 g/mol. The van der Waals surface area contributed by atoms with Crippen molar-refractivity contribution in [1.82, 2.24) is 5.32 Å². The van der Waals surface area contributed by atoms with Gasteiger partial charge in [0.25, 0.3) is 5.91 Å². The number of ether oxygens (including phenoxy) is 4. The molecule has 59 heavy (non-hydrogen) atoms. The molecule has 1 aliphatic heterocycles. The summed E-state index contributed by atoms with van der Waals surface area (Å²) in [6.45, 7) is 1.46. The van der Waals surface area contributed by atoms with E-state index in [1.54, 1.807) is 12.1 Å². The molecule has 0 spiro atoms. The summed E-state index contributed by atoms with van der Waals surface area (Å²) in [7, 11) is 0. The highest BCUT2D eigenvalue weighted by molar-refractivity contribution is 6.01. The number of amides is 1. The number of benzene rings is 6. The molecule has 1 heterocycles. The van der Waals surface area contributed by atoms with Crippen LogP contribution in [0, 0.1) is 0 Å². The summed E-state index contributed by atoms with van der Waals surface area (Å²) < 4.78 is 25.0. The zero-order chi connectivity index (χ0) is 40.7. The van der Waals surface area contributed by atoms with Crippen LogP contribution in [0.2, 0.25) is 0 Å². The van der Waals surface area contributed by atoms with E-state index < -0.39 is 11.6 Å². The standard InChI is InChI=1S/C48H45N5O6/c49-53-52-42-20-11-10-19-40(42)32-48(45(38-17-8-3-9-18-38)59-46(51-48)39-22-24-41(25-23-39)56-30-12-29-54)47(55)50-28-27-35-21-26-43(57-33-36-13-4-1-5-14-36)44(31-35)58-34-37-15-6-2-7-16-37/h1-11,13-26,31,45,54H,12,27-30,32-34H2,(H,50,55)/t45-,48-/m1/s1. The fourth-order valence-corrected chi connectivity index (χ4v) is 6.89. The lowest BCUT2D eigenvalue weighted by atomic mass is 9.81. The highest BCUT2D eigenvalue weighted by atomic mass is 16.5. The number of nitrogens with one attached hydrogen (secondary N) is 1. The van der Waals surface area contributed by atoms with Crippen molar-refractivity contribution in [3.05, 3.63) is 202 Å². The quantitative estimate of drug-likeness (QED) is 0.0362. The SMILES string of the molecule is [N-]=[N+]=Nc1ccccc1C[C@@]1(C(=O)NCCc2ccc(OCc3ccccc3)c(OCc3ccccc3)c2)N=C(c2ccc(OCCCO)cc2)O[C@@H]1c1ccccc1. The second-order valence-corrected chi connectivity index (χ2v) is 14.0. The van der Waals surface area contributed by atoms with Crippen LogP contribution >= 0.6 is 0 Å². The van der Waals surface area contributed by atoms with Crippen molar-refractivity contribution >= 4 is 17.5 Å². The lowest BCUT2D eigenvalue weighted by molar-refractivity contribution is -0.128. The van der Waals surface area contributed by atoms with E-state index in [2.05, 4.69) is 15.3 Å². The Labute approximate surface area is 343 Å². The molecule has 0 bridgehead atoms. The van der Waals surface area contributed by atoms with Crippen molar-refractivity contribution in [2.45, 2.75) is 44.1 Å². The highest BCUT2D eigenvalue weighted by Crippen LogP contribution is 2.44. The van der Waals surface area contributed by atoms with Gasteiger partial charge in [-0.1, -0.05) is 126 Å². The first kappa shape index (κ1) is 40.1. The molecule has 0 saturated carbocycles. The summed E-state index contributed by atoms with van der Waals surface area (Å²) in [6.07, 6.45) is 0.272. The smallest absolute Gasteiger partial charge is 0.252 e. The number of rotatable bonds is 19. The summed E-state index contributed by atoms with van der Waals surface area (Å²) in [5, 5.41) is 16.3. The first-order valence-electron chi connectivity index (χ1n) is 19.6. The van der Waals surface area contributed by atoms with Gasteiger partial charge >= 0.3 is 0 Å². The minimum atomic E-state index is -1.49. The van der Waals surface area contributed by atoms with Crippen LogP contribution in [0.1, 0.15) is 45.9 Å². The van der Waals surface area contributed by atoms with E-state index in [0.717, 1.165) is 22.3 Å². The summed E-state index contributed by atoms with van der Waals surface area (Å²) in [5.41, 5.74) is 13.4. The van der Waals surface area contributed by atoms with Crippen LogP contribution in [0.15, 0.2) is 168 Å². The molecule has 1 amide bonds. The Kier molecular flexibility index (Phi) is 13.5. The van der Waals surface area contributed by atoms with Crippen molar-refractivity contribution in [3.8, 4) is 17.2 Å². The number of aliphatic hydroxyl groups excluding tert-OH is 1. The molecule has 0 unspecified atom stereocenters. The number of aliphatic hydroxyl groups is 1. The van der Waals surface area contributed by atoms with Crippen LogP contribution in [-0.4, -0.2) is 42.2 Å². The Balaban J connectivity index is 1.17. The molecule has 298 valence electrons. The number of hydrogen-bond donors (Lipinski definition) is 2. The Hall–Kier alpha value is -7.07. The fourth-order valence-electron chi connectivity index (χ4n) is 6.89. The number of carbonyl (C=O) groups excluding carboxylic acids is 1. The normalized spacial score (nSPS) is 15.6. The van der Waals surface area contributed by atoms with Crippen LogP contribution < -0.4 is 19.5 Å². The number of hydrogen-bond acceptors (Lipinski definition) is 8. The van der Waals surface area contributed by atoms with Crippen molar-refractivity contribution in [2.24, 2.45) is 10.1 Å². The predicted molar refractivity (Wildman–Crippen MR) is 227 cm³/mol. The van der Waals surface area contributed by atoms with Gasteiger partial charge in [0.15, 0.2) is 23.1 Å².